The van der Waals surface area contributed by atoms with Crippen LogP contribution in [-0.2, 0) is 11.3 Å². The number of benzene rings is 1. The van der Waals surface area contributed by atoms with Gasteiger partial charge in [0.25, 0.3) is 0 Å². The highest BCUT2D eigenvalue weighted by atomic mass is 35.5. The number of halogens is 2. The first-order valence-electron chi connectivity index (χ1n) is 4.51. The van der Waals surface area contributed by atoms with Gasteiger partial charge in [-0.2, -0.15) is 0 Å². The Morgan fingerprint density at radius 3 is 2.79 bits per heavy atom. The van der Waals surface area contributed by atoms with Crippen LogP contribution in [-0.4, -0.2) is 19.3 Å². The van der Waals surface area contributed by atoms with E-state index in [1.807, 2.05) is 12.1 Å². The molecule has 2 nitrogen and oxygen atoms in total. The van der Waals surface area contributed by atoms with E-state index in [1.165, 1.54) is 0 Å². The average Bonchev–Trinajstić information content (AvgIpc) is 2.08. The van der Waals surface area contributed by atoms with E-state index in [1.54, 1.807) is 6.07 Å². The molecule has 0 spiro atoms. The lowest BCUT2D eigenvalue weighted by Gasteiger charge is -2.27. The van der Waals surface area contributed by atoms with Gasteiger partial charge in [0.15, 0.2) is 0 Å². The molecule has 1 aliphatic heterocycles. The summed E-state index contributed by atoms with van der Waals surface area (Å²) in [6.45, 7) is 2.32. The minimum atomic E-state index is 0.463. The molecule has 1 aromatic carbocycles. The maximum Gasteiger partial charge on any atom is 0.0643 e. The summed E-state index contributed by atoms with van der Waals surface area (Å²) in [6.07, 6.45) is 0. The normalized spacial score (nSPS) is 16.7. The zero-order valence-electron chi connectivity index (χ0n) is 7.59. The highest BCUT2D eigenvalue weighted by Crippen LogP contribution is 2.20. The molecular formula is C10H11Cl2NO. The zero-order valence-corrected chi connectivity index (χ0v) is 9.11. The second-order valence-corrected chi connectivity index (χ2v) is 4.19. The molecule has 1 fully saturated rings. The minimum absolute atomic E-state index is 0.463. The van der Waals surface area contributed by atoms with Crippen molar-refractivity contribution >= 4 is 23.2 Å². The highest BCUT2D eigenvalue weighted by Gasteiger charge is 2.17. The van der Waals surface area contributed by atoms with Crippen LogP contribution in [0.4, 0.5) is 0 Å². The van der Waals surface area contributed by atoms with E-state index < -0.39 is 0 Å². The summed E-state index contributed by atoms with van der Waals surface area (Å²) >= 11 is 11.9. The smallest absolute Gasteiger partial charge is 0.0643 e. The van der Waals surface area contributed by atoms with E-state index in [9.17, 15) is 0 Å². The van der Waals surface area contributed by atoms with E-state index in [0.29, 0.717) is 6.04 Å². The van der Waals surface area contributed by atoms with Crippen molar-refractivity contribution in [2.24, 2.45) is 0 Å². The molecule has 1 N–H and O–H groups in total. The molecule has 1 aliphatic rings. The molecule has 1 saturated heterocycles. The van der Waals surface area contributed by atoms with Crippen molar-refractivity contribution in [2.75, 3.05) is 13.2 Å². The number of rotatable bonds is 3. The molecule has 1 aromatic rings. The fourth-order valence-corrected chi connectivity index (χ4v) is 1.67. The van der Waals surface area contributed by atoms with Crippen LogP contribution in [0.2, 0.25) is 10.0 Å². The van der Waals surface area contributed by atoms with Gasteiger partial charge < -0.3 is 10.1 Å². The second-order valence-electron chi connectivity index (χ2n) is 3.35. The molecule has 14 heavy (non-hydrogen) atoms. The Labute approximate surface area is 93.2 Å². The Balaban J connectivity index is 1.96. The van der Waals surface area contributed by atoms with Gasteiger partial charge in [0.2, 0.25) is 0 Å². The first kappa shape index (κ1) is 10.2. The van der Waals surface area contributed by atoms with Crippen molar-refractivity contribution in [1.82, 2.24) is 5.32 Å². The van der Waals surface area contributed by atoms with Crippen LogP contribution >= 0.6 is 23.2 Å². The quantitative estimate of drug-likeness (QED) is 0.864. The van der Waals surface area contributed by atoms with Gasteiger partial charge in [-0.15, -0.1) is 0 Å². The first-order valence-corrected chi connectivity index (χ1v) is 5.26. The second kappa shape index (κ2) is 4.49. The third kappa shape index (κ3) is 2.39. The fraction of sp³-hybridized carbons (Fsp3) is 0.400. The van der Waals surface area contributed by atoms with Gasteiger partial charge in [-0.1, -0.05) is 23.2 Å². The van der Waals surface area contributed by atoms with Crippen molar-refractivity contribution in [1.29, 1.82) is 0 Å². The molecule has 0 atom stereocenters. The maximum absolute atomic E-state index is 6.01. The summed E-state index contributed by atoms with van der Waals surface area (Å²) in [5.74, 6) is 0. The summed E-state index contributed by atoms with van der Waals surface area (Å²) in [6, 6.07) is 5.96. The molecule has 0 aliphatic carbocycles. The van der Waals surface area contributed by atoms with Crippen molar-refractivity contribution in [3.05, 3.63) is 33.8 Å². The molecule has 2 rings (SSSR count). The lowest BCUT2D eigenvalue weighted by atomic mass is 10.2. The fourth-order valence-electron chi connectivity index (χ4n) is 1.29. The molecule has 4 heteroatoms. The van der Waals surface area contributed by atoms with Crippen LogP contribution in [0.3, 0.4) is 0 Å². The molecule has 0 saturated carbocycles. The monoisotopic (exact) mass is 231 g/mol. The first-order chi connectivity index (χ1) is 6.75. The molecule has 0 aromatic heterocycles. The zero-order chi connectivity index (χ0) is 9.97. The summed E-state index contributed by atoms with van der Waals surface area (Å²) in [5.41, 5.74) is 1.03. The number of hydrogen-bond donors (Lipinski definition) is 1. The van der Waals surface area contributed by atoms with Crippen LogP contribution in [0, 0.1) is 0 Å². The van der Waals surface area contributed by atoms with Gasteiger partial charge in [0, 0.05) is 16.6 Å². The van der Waals surface area contributed by atoms with Crippen LogP contribution in [0.5, 0.6) is 0 Å². The van der Waals surface area contributed by atoms with Crippen LogP contribution in [0.1, 0.15) is 5.56 Å². The average molecular weight is 232 g/mol. The van der Waals surface area contributed by atoms with Gasteiger partial charge in [0.1, 0.15) is 0 Å². The van der Waals surface area contributed by atoms with Crippen molar-refractivity contribution in [2.45, 2.75) is 12.6 Å². The predicted molar refractivity (Wildman–Crippen MR) is 57.9 cm³/mol. The molecular weight excluding hydrogens is 221 g/mol. The van der Waals surface area contributed by atoms with Gasteiger partial charge in [-0.25, -0.2) is 0 Å². The lowest BCUT2D eigenvalue weighted by Crippen LogP contribution is -2.45. The standard InChI is InChI=1S/C10H11Cl2NO/c11-8-1-2-10(12)7(3-8)4-13-9-5-14-6-9/h1-3,9,13H,4-6H2. The third-order valence-electron chi connectivity index (χ3n) is 2.23. The Kier molecular flexibility index (Phi) is 3.29. The largest absolute Gasteiger partial charge is 0.378 e. The Morgan fingerprint density at radius 1 is 1.36 bits per heavy atom. The molecule has 0 radical (unpaired) electrons. The van der Waals surface area contributed by atoms with Crippen molar-refractivity contribution in [3.8, 4) is 0 Å². The summed E-state index contributed by atoms with van der Waals surface area (Å²) in [5, 5.41) is 4.81. The summed E-state index contributed by atoms with van der Waals surface area (Å²) < 4.78 is 5.06. The van der Waals surface area contributed by atoms with Crippen LogP contribution < -0.4 is 5.32 Å². The van der Waals surface area contributed by atoms with Crippen LogP contribution in [0.15, 0.2) is 18.2 Å². The lowest BCUT2D eigenvalue weighted by molar-refractivity contribution is -0.00578. The molecule has 1 heterocycles. The van der Waals surface area contributed by atoms with Crippen LogP contribution in [0.25, 0.3) is 0 Å². The van der Waals surface area contributed by atoms with E-state index in [2.05, 4.69) is 5.32 Å². The number of nitrogens with one attached hydrogen (secondary N) is 1. The third-order valence-corrected chi connectivity index (χ3v) is 2.83. The Hall–Kier alpha value is -0.280. The topological polar surface area (TPSA) is 21.3 Å². The molecule has 0 amide bonds. The Morgan fingerprint density at radius 2 is 2.14 bits per heavy atom. The molecule has 76 valence electrons. The van der Waals surface area contributed by atoms with E-state index >= 15 is 0 Å². The summed E-state index contributed by atoms with van der Waals surface area (Å²) in [7, 11) is 0. The number of ether oxygens (including phenoxy) is 1. The van der Waals surface area contributed by atoms with Gasteiger partial charge >= 0.3 is 0 Å². The molecule has 0 bridgehead atoms. The summed E-state index contributed by atoms with van der Waals surface area (Å²) in [4.78, 5) is 0. The van der Waals surface area contributed by atoms with Gasteiger partial charge in [-0.3, -0.25) is 0 Å². The predicted octanol–water partition coefficient (Wildman–Crippen LogP) is 2.48. The van der Waals surface area contributed by atoms with Gasteiger partial charge in [-0.05, 0) is 23.8 Å². The van der Waals surface area contributed by atoms with E-state index in [0.717, 1.165) is 35.4 Å². The number of hydrogen-bond acceptors (Lipinski definition) is 2. The van der Waals surface area contributed by atoms with Crippen molar-refractivity contribution < 1.29 is 4.74 Å². The highest BCUT2D eigenvalue weighted by molar-refractivity contribution is 6.33. The minimum Gasteiger partial charge on any atom is -0.378 e. The molecule has 0 unspecified atom stereocenters. The van der Waals surface area contributed by atoms with Crippen molar-refractivity contribution in [3.63, 3.8) is 0 Å². The maximum atomic E-state index is 6.01. The Bertz CT molecular complexity index is 326. The van der Waals surface area contributed by atoms with E-state index in [4.69, 9.17) is 27.9 Å². The van der Waals surface area contributed by atoms with Gasteiger partial charge in [0.05, 0.1) is 19.3 Å². The van der Waals surface area contributed by atoms with E-state index in [-0.39, 0.29) is 0 Å². The SMILES string of the molecule is Clc1ccc(Cl)c(CNC2COC2)c1.